The molecule has 0 amide bonds. The van der Waals surface area contributed by atoms with Gasteiger partial charge in [-0.1, -0.05) is 13.8 Å². The molecular weight excluding hydrogens is 190 g/mol. The highest BCUT2D eigenvalue weighted by Crippen LogP contribution is 2.08. The Morgan fingerprint density at radius 2 is 1.93 bits per heavy atom. The van der Waals surface area contributed by atoms with E-state index in [1.807, 2.05) is 6.92 Å². The topological polar surface area (TPSA) is 32.7 Å². The lowest BCUT2D eigenvalue weighted by Gasteiger charge is -2.26. The lowest BCUT2D eigenvalue weighted by molar-refractivity contribution is 0.00945. The minimum atomic E-state index is 0.299. The summed E-state index contributed by atoms with van der Waals surface area (Å²) in [6.07, 6.45) is 2.28. The van der Waals surface area contributed by atoms with Crippen molar-refractivity contribution in [3.05, 3.63) is 0 Å². The molecule has 0 spiro atoms. The molecule has 0 saturated heterocycles. The van der Waals surface area contributed by atoms with Gasteiger partial charge >= 0.3 is 0 Å². The van der Waals surface area contributed by atoms with E-state index in [-0.39, 0.29) is 0 Å². The molecule has 0 aromatic rings. The first-order chi connectivity index (χ1) is 7.11. The highest BCUT2D eigenvalue weighted by Gasteiger charge is 2.15. The molecule has 0 aliphatic carbocycles. The quantitative estimate of drug-likeness (QED) is 0.597. The average molecular weight is 217 g/mol. The van der Waals surface area contributed by atoms with Gasteiger partial charge < -0.3 is 14.7 Å². The van der Waals surface area contributed by atoms with Crippen LogP contribution in [0.1, 0.15) is 33.6 Å². The van der Waals surface area contributed by atoms with Gasteiger partial charge in [-0.2, -0.15) is 0 Å². The Balaban J connectivity index is 3.73. The number of hydrogen-bond donors (Lipinski definition) is 1. The van der Waals surface area contributed by atoms with Crippen molar-refractivity contribution in [2.45, 2.75) is 39.7 Å². The first-order valence-electron chi connectivity index (χ1n) is 6.02. The molecule has 1 unspecified atom stereocenters. The molecule has 3 heteroatoms. The average Bonchev–Trinajstić information content (AvgIpc) is 2.17. The molecule has 1 N–H and O–H groups in total. The van der Waals surface area contributed by atoms with Crippen molar-refractivity contribution in [2.75, 3.05) is 33.4 Å². The van der Waals surface area contributed by atoms with Crippen LogP contribution < -0.4 is 0 Å². The van der Waals surface area contributed by atoms with E-state index in [2.05, 4.69) is 25.8 Å². The number of aliphatic hydroxyl groups is 1. The van der Waals surface area contributed by atoms with Gasteiger partial charge in [0.1, 0.15) is 0 Å². The Kier molecular flexibility index (Phi) is 9.06. The van der Waals surface area contributed by atoms with Gasteiger partial charge in [0.25, 0.3) is 0 Å². The van der Waals surface area contributed by atoms with Crippen molar-refractivity contribution in [2.24, 2.45) is 5.92 Å². The van der Waals surface area contributed by atoms with Crippen molar-refractivity contribution >= 4 is 0 Å². The van der Waals surface area contributed by atoms with E-state index in [1.165, 1.54) is 0 Å². The van der Waals surface area contributed by atoms with Gasteiger partial charge in [0.2, 0.25) is 0 Å². The van der Waals surface area contributed by atoms with E-state index in [0.717, 1.165) is 32.5 Å². The third kappa shape index (κ3) is 7.77. The lowest BCUT2D eigenvalue weighted by atomic mass is 10.1. The number of ether oxygens (including phenoxy) is 1. The first kappa shape index (κ1) is 14.9. The second-order valence-corrected chi connectivity index (χ2v) is 4.43. The molecule has 15 heavy (non-hydrogen) atoms. The molecule has 3 nitrogen and oxygen atoms in total. The molecular formula is C12H27NO2. The Morgan fingerprint density at radius 1 is 1.27 bits per heavy atom. The third-order valence-electron chi connectivity index (χ3n) is 2.56. The zero-order chi connectivity index (χ0) is 11.7. The fourth-order valence-electron chi connectivity index (χ4n) is 1.56. The summed E-state index contributed by atoms with van der Waals surface area (Å²) in [6.45, 7) is 9.54. The molecule has 0 aromatic carbocycles. The second kappa shape index (κ2) is 9.13. The van der Waals surface area contributed by atoms with Crippen LogP contribution in [-0.2, 0) is 4.74 Å². The number of aliphatic hydroxyl groups excluding tert-OH is 1. The summed E-state index contributed by atoms with van der Waals surface area (Å²) in [4.78, 5) is 2.29. The van der Waals surface area contributed by atoms with Crippen molar-refractivity contribution in [3.8, 4) is 0 Å². The Labute approximate surface area is 94.4 Å². The molecule has 0 heterocycles. The smallest absolute Gasteiger partial charge is 0.0724 e. The first-order valence-corrected chi connectivity index (χ1v) is 6.02. The van der Waals surface area contributed by atoms with Crippen molar-refractivity contribution in [3.63, 3.8) is 0 Å². The number of nitrogens with zero attached hydrogens (tertiary/aromatic N) is 1. The molecule has 0 fully saturated rings. The van der Waals surface area contributed by atoms with Crippen LogP contribution in [0.15, 0.2) is 0 Å². The number of rotatable bonds is 9. The van der Waals surface area contributed by atoms with Crippen LogP contribution >= 0.6 is 0 Å². The van der Waals surface area contributed by atoms with Gasteiger partial charge in [0.15, 0.2) is 0 Å². The Hall–Kier alpha value is -0.120. The molecule has 0 aliphatic heterocycles. The molecule has 0 bridgehead atoms. The van der Waals surface area contributed by atoms with Gasteiger partial charge in [-0.15, -0.1) is 0 Å². The fraction of sp³-hybridized carbons (Fsp3) is 1.00. The largest absolute Gasteiger partial charge is 0.396 e. The van der Waals surface area contributed by atoms with Crippen LogP contribution in [0.4, 0.5) is 0 Å². The molecule has 0 radical (unpaired) electrons. The lowest BCUT2D eigenvalue weighted by Crippen LogP contribution is -2.35. The molecule has 0 saturated carbocycles. The minimum absolute atomic E-state index is 0.299. The minimum Gasteiger partial charge on any atom is -0.396 e. The van der Waals surface area contributed by atoms with Crippen LogP contribution in [0.2, 0.25) is 0 Å². The zero-order valence-corrected chi connectivity index (χ0v) is 10.7. The standard InChI is InChI=1S/C12H27NO2/c1-5-15-12(11(2)3)10-13(4)8-6-7-9-14/h11-12,14H,5-10H2,1-4H3. The third-order valence-corrected chi connectivity index (χ3v) is 2.56. The van der Waals surface area contributed by atoms with Crippen molar-refractivity contribution < 1.29 is 9.84 Å². The summed E-state index contributed by atoms with van der Waals surface area (Å²) in [6, 6.07) is 0. The number of unbranched alkanes of at least 4 members (excludes halogenated alkanes) is 1. The van der Waals surface area contributed by atoms with Crippen molar-refractivity contribution in [1.29, 1.82) is 0 Å². The molecule has 1 atom stereocenters. The maximum absolute atomic E-state index is 8.69. The number of likely N-dealkylation sites (N-methyl/N-ethyl adjacent to an activating group) is 1. The summed E-state index contributed by atoms with van der Waals surface area (Å²) in [5.41, 5.74) is 0. The molecule has 92 valence electrons. The van der Waals surface area contributed by atoms with Crippen LogP contribution in [-0.4, -0.2) is 49.5 Å². The van der Waals surface area contributed by atoms with Gasteiger partial charge in [-0.3, -0.25) is 0 Å². The van der Waals surface area contributed by atoms with Crippen LogP contribution in [0.3, 0.4) is 0 Å². The van der Waals surface area contributed by atoms with Gasteiger partial charge in [-0.25, -0.2) is 0 Å². The zero-order valence-electron chi connectivity index (χ0n) is 10.7. The van der Waals surface area contributed by atoms with E-state index >= 15 is 0 Å². The monoisotopic (exact) mass is 217 g/mol. The predicted octanol–water partition coefficient (Wildman–Crippen LogP) is 1.75. The Bertz CT molecular complexity index is 140. The van der Waals surface area contributed by atoms with Crippen LogP contribution in [0.25, 0.3) is 0 Å². The van der Waals surface area contributed by atoms with E-state index in [1.54, 1.807) is 0 Å². The maximum Gasteiger partial charge on any atom is 0.0724 e. The fourth-order valence-corrected chi connectivity index (χ4v) is 1.56. The highest BCUT2D eigenvalue weighted by atomic mass is 16.5. The summed E-state index contributed by atoms with van der Waals surface area (Å²) < 4.78 is 5.69. The van der Waals surface area contributed by atoms with Crippen molar-refractivity contribution in [1.82, 2.24) is 4.90 Å². The summed E-state index contributed by atoms with van der Waals surface area (Å²) in [5.74, 6) is 0.560. The molecule has 0 aromatic heterocycles. The highest BCUT2D eigenvalue weighted by molar-refractivity contribution is 4.67. The summed E-state index contributed by atoms with van der Waals surface area (Å²) >= 11 is 0. The van der Waals surface area contributed by atoms with E-state index in [9.17, 15) is 0 Å². The molecule has 0 rings (SSSR count). The second-order valence-electron chi connectivity index (χ2n) is 4.43. The normalized spacial score (nSPS) is 13.8. The summed E-state index contributed by atoms with van der Waals surface area (Å²) in [5, 5.41) is 8.69. The summed E-state index contributed by atoms with van der Waals surface area (Å²) in [7, 11) is 2.12. The molecule has 0 aliphatic rings. The number of hydrogen-bond acceptors (Lipinski definition) is 3. The predicted molar refractivity (Wildman–Crippen MR) is 64.1 cm³/mol. The van der Waals surface area contributed by atoms with Gasteiger partial charge in [0.05, 0.1) is 6.10 Å². The van der Waals surface area contributed by atoms with E-state index in [4.69, 9.17) is 9.84 Å². The van der Waals surface area contributed by atoms with Crippen LogP contribution in [0.5, 0.6) is 0 Å². The van der Waals surface area contributed by atoms with Gasteiger partial charge in [0, 0.05) is 19.8 Å². The SMILES string of the molecule is CCOC(CN(C)CCCCO)C(C)C. The maximum atomic E-state index is 8.69. The van der Waals surface area contributed by atoms with Gasteiger partial charge in [-0.05, 0) is 39.3 Å². The van der Waals surface area contributed by atoms with Crippen LogP contribution in [0, 0.1) is 5.92 Å². The van der Waals surface area contributed by atoms with E-state index in [0.29, 0.717) is 18.6 Å². The van der Waals surface area contributed by atoms with E-state index < -0.39 is 0 Å². The Morgan fingerprint density at radius 3 is 2.40 bits per heavy atom.